The Morgan fingerprint density at radius 1 is 1.07 bits per heavy atom. The Labute approximate surface area is 156 Å². The molecule has 0 radical (unpaired) electrons. The van der Waals surface area contributed by atoms with Crippen LogP contribution >= 0.6 is 0 Å². The molecule has 0 fully saturated rings. The molecule has 3 rings (SSSR count). The van der Waals surface area contributed by atoms with Gasteiger partial charge in [-0.1, -0.05) is 12.1 Å². The van der Waals surface area contributed by atoms with E-state index in [1.54, 1.807) is 49.5 Å². The zero-order valence-corrected chi connectivity index (χ0v) is 15.3. The molecule has 2 aromatic rings. The molecule has 0 aliphatic carbocycles. The van der Waals surface area contributed by atoms with Gasteiger partial charge in [0, 0.05) is 30.3 Å². The minimum atomic E-state index is -3.58. The van der Waals surface area contributed by atoms with Crippen molar-refractivity contribution in [3.8, 4) is 0 Å². The van der Waals surface area contributed by atoms with E-state index in [4.69, 9.17) is 0 Å². The number of amides is 2. The van der Waals surface area contributed by atoms with Crippen LogP contribution in [0.2, 0.25) is 0 Å². The molecular weight excluding hydrogens is 368 g/mol. The highest BCUT2D eigenvalue weighted by Gasteiger charge is 2.29. The molecular formula is C18H18N4O4S. The number of benzene rings is 2. The molecule has 1 heterocycles. The highest BCUT2D eigenvalue weighted by Crippen LogP contribution is 2.22. The van der Waals surface area contributed by atoms with E-state index in [1.165, 1.54) is 6.07 Å². The highest BCUT2D eigenvalue weighted by atomic mass is 32.2. The number of amidine groups is 1. The average Bonchev–Trinajstić information content (AvgIpc) is 2.92. The van der Waals surface area contributed by atoms with Gasteiger partial charge in [-0.15, -0.1) is 0 Å². The Hall–Kier alpha value is -3.20. The third kappa shape index (κ3) is 4.14. The molecule has 0 aromatic heterocycles. The Morgan fingerprint density at radius 2 is 1.78 bits per heavy atom. The number of carbonyl (C=O) groups is 2. The summed E-state index contributed by atoms with van der Waals surface area (Å²) in [4.78, 5) is 27.9. The molecule has 140 valence electrons. The van der Waals surface area contributed by atoms with Crippen molar-refractivity contribution < 1.29 is 18.0 Å². The van der Waals surface area contributed by atoms with Crippen LogP contribution in [0.1, 0.15) is 22.3 Å². The molecule has 27 heavy (non-hydrogen) atoms. The summed E-state index contributed by atoms with van der Waals surface area (Å²) in [6.07, 6.45) is 0.0879. The maximum atomic E-state index is 12.0. The fraction of sp³-hybridized carbons (Fsp3) is 0.167. The molecule has 0 bridgehead atoms. The fourth-order valence-electron chi connectivity index (χ4n) is 2.59. The molecule has 1 aliphatic heterocycles. The molecule has 1 aliphatic rings. The number of hydrogen-bond donors (Lipinski definition) is 3. The van der Waals surface area contributed by atoms with Crippen LogP contribution in [0.15, 0.2) is 58.4 Å². The third-order valence-electron chi connectivity index (χ3n) is 3.93. The predicted molar refractivity (Wildman–Crippen MR) is 101 cm³/mol. The first-order valence-electron chi connectivity index (χ1n) is 8.19. The smallest absolute Gasteiger partial charge is 0.263 e. The molecule has 8 nitrogen and oxygen atoms in total. The Kier molecular flexibility index (Phi) is 5.22. The number of nitrogens with zero attached hydrogens (tertiary/aromatic N) is 1. The largest absolute Gasteiger partial charge is 0.355 e. The number of fused-ring (bicyclic) bond motifs is 1. The van der Waals surface area contributed by atoms with Crippen LogP contribution in [-0.2, 0) is 14.8 Å². The third-order valence-corrected chi connectivity index (χ3v) is 5.33. The number of anilines is 1. The molecule has 0 saturated heterocycles. The zero-order chi connectivity index (χ0) is 19.4. The minimum absolute atomic E-state index is 0.0879. The summed E-state index contributed by atoms with van der Waals surface area (Å²) in [5.74, 6) is -0.225. The lowest BCUT2D eigenvalue weighted by molar-refractivity contribution is -0.116. The number of hydrogen-bond acceptors (Lipinski definition) is 5. The van der Waals surface area contributed by atoms with Gasteiger partial charge in [-0.2, -0.15) is 0 Å². The van der Waals surface area contributed by atoms with E-state index < -0.39 is 10.0 Å². The topological polar surface area (TPSA) is 117 Å². The number of carbonyl (C=O) groups excluding carboxylic acids is 2. The summed E-state index contributed by atoms with van der Waals surface area (Å²) < 4.78 is 26.4. The van der Waals surface area contributed by atoms with Crippen LogP contribution in [0.4, 0.5) is 5.69 Å². The van der Waals surface area contributed by atoms with Crippen molar-refractivity contribution in [1.29, 1.82) is 0 Å². The van der Waals surface area contributed by atoms with Crippen molar-refractivity contribution in [2.45, 2.75) is 11.3 Å². The molecule has 3 N–H and O–H groups in total. The lowest BCUT2D eigenvalue weighted by Gasteiger charge is -2.06. The summed E-state index contributed by atoms with van der Waals surface area (Å²) in [6.45, 7) is 0.133. The van der Waals surface area contributed by atoms with Crippen LogP contribution in [0, 0.1) is 0 Å². The van der Waals surface area contributed by atoms with Gasteiger partial charge < -0.3 is 10.6 Å². The van der Waals surface area contributed by atoms with Gasteiger partial charge in [-0.05, 0) is 36.4 Å². The predicted octanol–water partition coefficient (Wildman–Crippen LogP) is 1.11. The van der Waals surface area contributed by atoms with Gasteiger partial charge >= 0.3 is 0 Å². The molecule has 0 saturated carbocycles. The van der Waals surface area contributed by atoms with Crippen molar-refractivity contribution in [3.05, 3.63) is 59.7 Å². The van der Waals surface area contributed by atoms with Crippen LogP contribution in [-0.4, -0.2) is 39.7 Å². The molecule has 0 spiro atoms. The van der Waals surface area contributed by atoms with Gasteiger partial charge in [0.15, 0.2) is 0 Å². The summed E-state index contributed by atoms with van der Waals surface area (Å²) in [6, 6.07) is 13.0. The van der Waals surface area contributed by atoms with E-state index in [1.807, 2.05) is 0 Å². The SMILES string of the molecule is CNC(=O)c1ccc(NC(=O)CCN=C2NS(=O)(=O)c3ccccc32)cc1. The van der Waals surface area contributed by atoms with E-state index in [0.29, 0.717) is 16.8 Å². The number of sulfonamides is 1. The van der Waals surface area contributed by atoms with E-state index >= 15 is 0 Å². The lowest BCUT2D eigenvalue weighted by Crippen LogP contribution is -2.23. The van der Waals surface area contributed by atoms with E-state index in [0.717, 1.165) is 0 Å². The molecule has 0 atom stereocenters. The Morgan fingerprint density at radius 3 is 2.48 bits per heavy atom. The van der Waals surface area contributed by atoms with Crippen LogP contribution in [0.3, 0.4) is 0 Å². The molecule has 0 unspecified atom stereocenters. The van der Waals surface area contributed by atoms with Crippen molar-refractivity contribution in [1.82, 2.24) is 10.0 Å². The molecule has 2 amide bonds. The maximum absolute atomic E-state index is 12.0. The second-order valence-corrected chi connectivity index (χ2v) is 7.44. The number of nitrogens with one attached hydrogen (secondary N) is 3. The summed E-state index contributed by atoms with van der Waals surface area (Å²) in [7, 11) is -2.04. The van der Waals surface area contributed by atoms with Gasteiger partial charge in [-0.3, -0.25) is 19.3 Å². The Balaban J connectivity index is 1.59. The van der Waals surface area contributed by atoms with Gasteiger partial charge in [0.25, 0.3) is 15.9 Å². The normalized spacial score (nSPS) is 15.7. The van der Waals surface area contributed by atoms with Gasteiger partial charge in [0.1, 0.15) is 5.84 Å². The molecule has 9 heteroatoms. The van der Waals surface area contributed by atoms with E-state index in [2.05, 4.69) is 20.3 Å². The Bertz CT molecular complexity index is 1010. The van der Waals surface area contributed by atoms with Gasteiger partial charge in [-0.25, -0.2) is 8.42 Å². The lowest BCUT2D eigenvalue weighted by atomic mass is 10.2. The quantitative estimate of drug-likeness (QED) is 0.714. The van der Waals surface area contributed by atoms with Crippen molar-refractivity contribution >= 4 is 33.4 Å². The summed E-state index contributed by atoms with van der Waals surface area (Å²) in [5, 5.41) is 5.23. The van der Waals surface area contributed by atoms with Crippen molar-refractivity contribution in [2.24, 2.45) is 4.99 Å². The number of rotatable bonds is 5. The molecule has 2 aromatic carbocycles. The van der Waals surface area contributed by atoms with Crippen LogP contribution in [0.25, 0.3) is 0 Å². The summed E-state index contributed by atoms with van der Waals surface area (Å²) >= 11 is 0. The minimum Gasteiger partial charge on any atom is -0.355 e. The van der Waals surface area contributed by atoms with Gasteiger partial charge in [0.2, 0.25) is 5.91 Å². The highest BCUT2D eigenvalue weighted by molar-refractivity contribution is 7.90. The maximum Gasteiger partial charge on any atom is 0.263 e. The van der Waals surface area contributed by atoms with Crippen LogP contribution in [0.5, 0.6) is 0 Å². The van der Waals surface area contributed by atoms with E-state index in [9.17, 15) is 18.0 Å². The first kappa shape index (κ1) is 18.6. The first-order chi connectivity index (χ1) is 12.9. The van der Waals surface area contributed by atoms with E-state index in [-0.39, 0.29) is 35.5 Å². The van der Waals surface area contributed by atoms with Gasteiger partial charge in [0.05, 0.1) is 11.4 Å². The second kappa shape index (κ2) is 7.58. The fourth-order valence-corrected chi connectivity index (χ4v) is 3.84. The van der Waals surface area contributed by atoms with Crippen molar-refractivity contribution in [3.63, 3.8) is 0 Å². The number of aliphatic imine (C=N–C) groups is 1. The standard InChI is InChI=1S/C18H18N4O4S/c1-19-18(24)12-6-8-13(9-7-12)21-16(23)10-11-20-17-14-4-2-3-5-15(14)27(25,26)22-17/h2-9H,10-11H2,1H3,(H,19,24)(H,20,22)(H,21,23). The monoisotopic (exact) mass is 386 g/mol. The van der Waals surface area contributed by atoms with Crippen molar-refractivity contribution in [2.75, 3.05) is 18.9 Å². The zero-order valence-electron chi connectivity index (χ0n) is 14.5. The summed E-state index contributed by atoms with van der Waals surface area (Å²) in [5.41, 5.74) is 1.56. The van der Waals surface area contributed by atoms with Crippen LogP contribution < -0.4 is 15.4 Å². The second-order valence-electron chi connectivity index (χ2n) is 5.79. The first-order valence-corrected chi connectivity index (χ1v) is 9.68. The average molecular weight is 386 g/mol.